The minimum atomic E-state index is -0.892. The Morgan fingerprint density at radius 3 is 2.50 bits per heavy atom. The fourth-order valence-corrected chi connectivity index (χ4v) is 4.43. The molecule has 5 nitrogen and oxygen atoms in total. The van der Waals surface area contributed by atoms with E-state index >= 15 is 0 Å². The van der Waals surface area contributed by atoms with Crippen LogP contribution >= 0.6 is 0 Å². The predicted octanol–water partition coefficient (Wildman–Crippen LogP) is 3.16. The SMILES string of the molecule is CC(C)(C)OC(=O)N1C2COCC1CC(O)(C1=Cc3ccccc3C1)C2. The number of amides is 1. The van der Waals surface area contributed by atoms with Crippen LogP contribution in [0, 0.1) is 0 Å². The number of ether oxygens (including phenoxy) is 2. The first-order valence-electron chi connectivity index (χ1n) is 9.36. The largest absolute Gasteiger partial charge is 0.444 e. The van der Waals surface area contributed by atoms with Crippen molar-refractivity contribution in [3.63, 3.8) is 0 Å². The van der Waals surface area contributed by atoms with Crippen LogP contribution in [-0.4, -0.2) is 52.6 Å². The molecular formula is C21H27NO4. The minimum Gasteiger partial charge on any atom is -0.444 e. The molecule has 0 aromatic heterocycles. The van der Waals surface area contributed by atoms with Crippen molar-refractivity contribution in [2.75, 3.05) is 13.2 Å². The molecule has 2 heterocycles. The summed E-state index contributed by atoms with van der Waals surface area (Å²) in [5.41, 5.74) is 2.07. The van der Waals surface area contributed by atoms with E-state index in [1.54, 1.807) is 4.90 Å². The second-order valence-electron chi connectivity index (χ2n) is 8.72. The third-order valence-electron chi connectivity index (χ3n) is 5.52. The Morgan fingerprint density at radius 1 is 1.23 bits per heavy atom. The molecule has 2 aliphatic heterocycles. The molecule has 2 bridgehead atoms. The molecule has 5 heteroatoms. The van der Waals surface area contributed by atoms with Crippen molar-refractivity contribution in [3.8, 4) is 0 Å². The van der Waals surface area contributed by atoms with Gasteiger partial charge in [-0.3, -0.25) is 4.90 Å². The second-order valence-corrected chi connectivity index (χ2v) is 8.72. The molecule has 2 atom stereocenters. The summed E-state index contributed by atoms with van der Waals surface area (Å²) in [7, 11) is 0. The van der Waals surface area contributed by atoms with Crippen LogP contribution in [0.4, 0.5) is 4.79 Å². The summed E-state index contributed by atoms with van der Waals surface area (Å²) >= 11 is 0. The topological polar surface area (TPSA) is 59.0 Å². The standard InChI is InChI=1S/C21H27NO4/c1-20(2,3)26-19(23)22-17-10-21(24,11-18(22)13-25-12-17)16-8-14-6-4-5-7-15(14)9-16/h4-8,17-18,24H,9-13H2,1-3H3. The van der Waals surface area contributed by atoms with Crippen LogP contribution in [0.15, 0.2) is 29.8 Å². The van der Waals surface area contributed by atoms with E-state index in [1.807, 2.05) is 32.9 Å². The third-order valence-corrected chi connectivity index (χ3v) is 5.52. The Kier molecular flexibility index (Phi) is 4.12. The number of fused-ring (bicyclic) bond motifs is 3. The highest BCUT2D eigenvalue weighted by atomic mass is 16.6. The maximum atomic E-state index is 12.7. The van der Waals surface area contributed by atoms with E-state index in [9.17, 15) is 9.90 Å². The zero-order valence-corrected chi connectivity index (χ0v) is 15.7. The van der Waals surface area contributed by atoms with Gasteiger partial charge in [0.1, 0.15) is 5.60 Å². The van der Waals surface area contributed by atoms with Crippen molar-refractivity contribution in [2.45, 2.75) is 63.3 Å². The first-order valence-corrected chi connectivity index (χ1v) is 9.36. The lowest BCUT2D eigenvalue weighted by Gasteiger charge is -2.51. The summed E-state index contributed by atoms with van der Waals surface area (Å²) in [5.74, 6) is 0. The van der Waals surface area contributed by atoms with Crippen molar-refractivity contribution < 1.29 is 19.4 Å². The van der Waals surface area contributed by atoms with Gasteiger partial charge in [0.25, 0.3) is 0 Å². The van der Waals surface area contributed by atoms with Crippen LogP contribution in [0.25, 0.3) is 6.08 Å². The number of morpholine rings is 1. The first kappa shape index (κ1) is 17.6. The maximum Gasteiger partial charge on any atom is 0.410 e. The average molecular weight is 357 g/mol. The van der Waals surface area contributed by atoms with Gasteiger partial charge in [-0.25, -0.2) is 4.79 Å². The summed E-state index contributed by atoms with van der Waals surface area (Å²) in [4.78, 5) is 14.5. The molecule has 2 unspecified atom stereocenters. The van der Waals surface area contributed by atoms with Gasteiger partial charge in [0.2, 0.25) is 0 Å². The minimum absolute atomic E-state index is 0.160. The van der Waals surface area contributed by atoms with Crippen molar-refractivity contribution >= 4 is 12.2 Å². The van der Waals surface area contributed by atoms with Gasteiger partial charge in [-0.05, 0) is 43.9 Å². The quantitative estimate of drug-likeness (QED) is 0.839. The molecule has 2 fully saturated rings. The predicted molar refractivity (Wildman–Crippen MR) is 98.8 cm³/mol. The summed E-state index contributed by atoms with van der Waals surface area (Å²) < 4.78 is 11.3. The summed E-state index contributed by atoms with van der Waals surface area (Å²) in [6.07, 6.45) is 3.57. The highest BCUT2D eigenvalue weighted by Crippen LogP contribution is 2.43. The smallest absolute Gasteiger partial charge is 0.410 e. The van der Waals surface area contributed by atoms with Gasteiger partial charge >= 0.3 is 6.09 Å². The van der Waals surface area contributed by atoms with Crippen LogP contribution in [-0.2, 0) is 15.9 Å². The lowest BCUT2D eigenvalue weighted by molar-refractivity contribution is -0.126. The van der Waals surface area contributed by atoms with E-state index in [0.29, 0.717) is 26.1 Å². The van der Waals surface area contributed by atoms with E-state index in [-0.39, 0.29) is 18.2 Å². The third kappa shape index (κ3) is 3.14. The molecule has 1 amide bonds. The number of rotatable bonds is 1. The number of carbonyl (C=O) groups excluding carboxylic acids is 1. The highest BCUT2D eigenvalue weighted by molar-refractivity contribution is 5.70. The fourth-order valence-electron chi connectivity index (χ4n) is 4.43. The Hall–Kier alpha value is -1.85. The Balaban J connectivity index is 1.56. The molecule has 1 N–H and O–H groups in total. The molecule has 1 aromatic carbocycles. The lowest BCUT2D eigenvalue weighted by Crippen LogP contribution is -2.64. The van der Waals surface area contributed by atoms with Crippen molar-refractivity contribution in [2.24, 2.45) is 0 Å². The zero-order valence-electron chi connectivity index (χ0n) is 15.7. The van der Waals surface area contributed by atoms with Crippen LogP contribution < -0.4 is 0 Å². The van der Waals surface area contributed by atoms with E-state index in [4.69, 9.17) is 9.47 Å². The average Bonchev–Trinajstić information content (AvgIpc) is 2.97. The van der Waals surface area contributed by atoms with Crippen LogP contribution in [0.1, 0.15) is 44.7 Å². The van der Waals surface area contributed by atoms with Crippen molar-refractivity contribution in [1.82, 2.24) is 4.90 Å². The molecule has 0 spiro atoms. The van der Waals surface area contributed by atoms with Crippen LogP contribution in [0.3, 0.4) is 0 Å². The number of hydrogen-bond acceptors (Lipinski definition) is 4. The highest BCUT2D eigenvalue weighted by Gasteiger charge is 2.50. The summed E-state index contributed by atoms with van der Waals surface area (Å²) in [6.45, 7) is 6.50. The van der Waals surface area contributed by atoms with Gasteiger partial charge in [-0.15, -0.1) is 0 Å². The van der Waals surface area contributed by atoms with Gasteiger partial charge in [0.05, 0.1) is 30.9 Å². The van der Waals surface area contributed by atoms with Gasteiger partial charge in [0, 0.05) is 12.8 Å². The summed E-state index contributed by atoms with van der Waals surface area (Å²) in [6, 6.07) is 7.94. The fraction of sp³-hybridized carbons (Fsp3) is 0.571. The van der Waals surface area contributed by atoms with Gasteiger partial charge in [0.15, 0.2) is 0 Å². The molecule has 2 saturated heterocycles. The molecule has 0 saturated carbocycles. The van der Waals surface area contributed by atoms with Crippen molar-refractivity contribution in [1.29, 1.82) is 0 Å². The number of piperidine rings is 1. The van der Waals surface area contributed by atoms with E-state index in [0.717, 1.165) is 12.0 Å². The summed E-state index contributed by atoms with van der Waals surface area (Å²) in [5, 5.41) is 11.5. The van der Waals surface area contributed by atoms with Crippen LogP contribution in [0.5, 0.6) is 0 Å². The number of nitrogens with zero attached hydrogens (tertiary/aromatic N) is 1. The molecule has 1 aromatic rings. The maximum absolute atomic E-state index is 12.7. The Bertz CT molecular complexity index is 735. The van der Waals surface area contributed by atoms with Gasteiger partial charge in [-0.1, -0.05) is 30.3 Å². The van der Waals surface area contributed by atoms with Gasteiger partial charge in [-0.2, -0.15) is 0 Å². The zero-order chi connectivity index (χ0) is 18.5. The van der Waals surface area contributed by atoms with Crippen LogP contribution in [0.2, 0.25) is 0 Å². The number of hydrogen-bond donors (Lipinski definition) is 1. The molecule has 1 aliphatic carbocycles. The molecule has 4 rings (SSSR count). The first-order chi connectivity index (χ1) is 12.3. The molecule has 3 aliphatic rings. The molecule has 26 heavy (non-hydrogen) atoms. The normalized spacial score (nSPS) is 30.6. The molecule has 0 radical (unpaired) electrons. The monoisotopic (exact) mass is 357 g/mol. The Labute approximate surface area is 154 Å². The van der Waals surface area contributed by atoms with E-state index in [1.165, 1.54) is 11.1 Å². The second kappa shape index (κ2) is 6.10. The number of aliphatic hydroxyl groups is 1. The van der Waals surface area contributed by atoms with E-state index in [2.05, 4.69) is 18.2 Å². The Morgan fingerprint density at radius 2 is 1.88 bits per heavy atom. The van der Waals surface area contributed by atoms with E-state index < -0.39 is 11.2 Å². The van der Waals surface area contributed by atoms with Gasteiger partial charge < -0.3 is 14.6 Å². The van der Waals surface area contributed by atoms with Crippen molar-refractivity contribution in [3.05, 3.63) is 41.0 Å². The molecular weight excluding hydrogens is 330 g/mol. The number of benzene rings is 1. The lowest BCUT2D eigenvalue weighted by atomic mass is 9.76. The molecule has 140 valence electrons. The number of carbonyl (C=O) groups is 1.